The van der Waals surface area contributed by atoms with Crippen LogP contribution in [0, 0.1) is 13.8 Å². The van der Waals surface area contributed by atoms with Crippen LogP contribution >= 0.6 is 0 Å². The Morgan fingerprint density at radius 3 is 2.08 bits per heavy atom. The smallest absolute Gasteiger partial charge is 0.400 e. The third-order valence-corrected chi connectivity index (χ3v) is 5.07. The van der Waals surface area contributed by atoms with Crippen molar-refractivity contribution in [2.75, 3.05) is 12.3 Å². The molecule has 1 amide bonds. The summed E-state index contributed by atoms with van der Waals surface area (Å²) in [6.07, 6.45) is 2.01. The maximum absolute atomic E-state index is 11.4. The van der Waals surface area contributed by atoms with Crippen molar-refractivity contribution in [3.8, 4) is 0 Å². The Balaban J connectivity index is 2.38. The molecule has 3 N–H and O–H groups in total. The number of amides is 1. The van der Waals surface area contributed by atoms with Crippen molar-refractivity contribution in [2.45, 2.75) is 59.7 Å². The number of benzene rings is 1. The molecule has 0 atom stereocenters. The Bertz CT molecular complexity index is 672. The molecule has 2 rings (SSSR count). The van der Waals surface area contributed by atoms with Gasteiger partial charge in [-0.25, -0.2) is 0 Å². The standard InChI is InChI=1S/C19H29BN2O3/c1-12-8-15(9-13(2)17(12)21)10-16(11-22-14(3)23)20-24-18(4,5)19(6,7)25-20/h8-10H,11,21H2,1-7H3,(H,22,23). The van der Waals surface area contributed by atoms with Gasteiger partial charge in [-0.3, -0.25) is 4.79 Å². The Hall–Kier alpha value is -1.79. The van der Waals surface area contributed by atoms with Gasteiger partial charge in [0.25, 0.3) is 0 Å². The van der Waals surface area contributed by atoms with Crippen molar-refractivity contribution < 1.29 is 14.1 Å². The summed E-state index contributed by atoms with van der Waals surface area (Å²) in [4.78, 5) is 11.4. The molecule has 0 unspecified atom stereocenters. The van der Waals surface area contributed by atoms with Crippen LogP contribution in [-0.2, 0) is 14.1 Å². The van der Waals surface area contributed by atoms with Crippen LogP contribution < -0.4 is 11.1 Å². The number of nitrogen functional groups attached to an aromatic ring is 1. The average molecular weight is 344 g/mol. The average Bonchev–Trinajstić information content (AvgIpc) is 2.68. The van der Waals surface area contributed by atoms with E-state index in [2.05, 4.69) is 5.32 Å². The van der Waals surface area contributed by atoms with Crippen molar-refractivity contribution in [1.82, 2.24) is 5.32 Å². The second-order valence-corrected chi connectivity index (χ2v) is 7.79. The summed E-state index contributed by atoms with van der Waals surface area (Å²) in [5, 5.41) is 2.85. The minimum Gasteiger partial charge on any atom is -0.400 e. The molecule has 1 heterocycles. The first-order chi connectivity index (χ1) is 11.4. The van der Waals surface area contributed by atoms with Gasteiger partial charge < -0.3 is 20.4 Å². The molecule has 0 aliphatic carbocycles. The fraction of sp³-hybridized carbons (Fsp3) is 0.526. The third-order valence-electron chi connectivity index (χ3n) is 5.07. The van der Waals surface area contributed by atoms with E-state index < -0.39 is 18.3 Å². The second-order valence-electron chi connectivity index (χ2n) is 7.79. The van der Waals surface area contributed by atoms with Gasteiger partial charge in [-0.15, -0.1) is 0 Å². The van der Waals surface area contributed by atoms with E-state index in [0.717, 1.165) is 27.9 Å². The van der Waals surface area contributed by atoms with E-state index in [1.165, 1.54) is 6.92 Å². The second kappa shape index (κ2) is 6.85. The van der Waals surface area contributed by atoms with Crippen LogP contribution in [0.4, 0.5) is 5.69 Å². The van der Waals surface area contributed by atoms with Crippen LogP contribution in [0.2, 0.25) is 0 Å². The minimum absolute atomic E-state index is 0.0907. The SMILES string of the molecule is CC(=O)NCC(=Cc1cc(C)c(N)c(C)c1)B1OC(C)(C)C(C)(C)O1. The number of anilines is 1. The maximum atomic E-state index is 11.4. The lowest BCUT2D eigenvalue weighted by atomic mass is 9.76. The number of carbonyl (C=O) groups excluding carboxylic acids is 1. The molecule has 0 bridgehead atoms. The fourth-order valence-corrected chi connectivity index (χ4v) is 2.73. The highest BCUT2D eigenvalue weighted by Gasteiger charge is 2.52. The first-order valence-corrected chi connectivity index (χ1v) is 8.60. The summed E-state index contributed by atoms with van der Waals surface area (Å²) in [6.45, 7) is 13.9. The molecule has 1 aliphatic heterocycles. The normalized spacial score (nSPS) is 19.2. The van der Waals surface area contributed by atoms with Gasteiger partial charge in [0.05, 0.1) is 11.2 Å². The van der Waals surface area contributed by atoms with Gasteiger partial charge in [-0.1, -0.05) is 18.2 Å². The zero-order chi connectivity index (χ0) is 19.0. The molecule has 136 valence electrons. The van der Waals surface area contributed by atoms with Crippen LogP contribution in [0.15, 0.2) is 17.6 Å². The summed E-state index contributed by atoms with van der Waals surface area (Å²) >= 11 is 0. The number of hydrogen-bond donors (Lipinski definition) is 2. The number of aryl methyl sites for hydroxylation is 2. The van der Waals surface area contributed by atoms with Crippen LogP contribution in [0.1, 0.15) is 51.3 Å². The molecule has 0 aromatic heterocycles. The van der Waals surface area contributed by atoms with Gasteiger partial charge >= 0.3 is 7.12 Å². The predicted octanol–water partition coefficient (Wildman–Crippen LogP) is 3.04. The molecule has 6 heteroatoms. The van der Waals surface area contributed by atoms with E-state index in [9.17, 15) is 4.79 Å². The third kappa shape index (κ3) is 4.25. The highest BCUT2D eigenvalue weighted by Crippen LogP contribution is 2.38. The van der Waals surface area contributed by atoms with Gasteiger partial charge in [0.15, 0.2) is 0 Å². The molecular formula is C19H29BN2O3. The minimum atomic E-state index is -0.505. The molecule has 25 heavy (non-hydrogen) atoms. The number of hydrogen-bond acceptors (Lipinski definition) is 4. The number of carbonyl (C=O) groups is 1. The van der Waals surface area contributed by atoms with E-state index in [1.807, 2.05) is 59.8 Å². The van der Waals surface area contributed by atoms with Crippen LogP contribution in [0.3, 0.4) is 0 Å². The van der Waals surface area contributed by atoms with Crippen LogP contribution in [0.5, 0.6) is 0 Å². The van der Waals surface area contributed by atoms with Crippen molar-refractivity contribution >= 4 is 24.8 Å². The van der Waals surface area contributed by atoms with Gasteiger partial charge in [-0.05, 0) is 63.7 Å². The first-order valence-electron chi connectivity index (χ1n) is 8.60. The first kappa shape index (κ1) is 19.5. The fourth-order valence-electron chi connectivity index (χ4n) is 2.73. The molecule has 5 nitrogen and oxygen atoms in total. The van der Waals surface area contributed by atoms with E-state index >= 15 is 0 Å². The van der Waals surface area contributed by atoms with Crippen LogP contribution in [0.25, 0.3) is 6.08 Å². The quantitative estimate of drug-likeness (QED) is 0.650. The molecule has 1 fully saturated rings. The van der Waals surface area contributed by atoms with Crippen molar-refractivity contribution in [3.63, 3.8) is 0 Å². The molecule has 0 saturated carbocycles. The van der Waals surface area contributed by atoms with E-state index in [-0.39, 0.29) is 5.91 Å². The van der Waals surface area contributed by atoms with E-state index in [0.29, 0.717) is 6.54 Å². The Kier molecular flexibility index (Phi) is 5.35. The maximum Gasteiger partial charge on any atom is 0.492 e. The Morgan fingerprint density at radius 2 is 1.64 bits per heavy atom. The van der Waals surface area contributed by atoms with Gasteiger partial charge in [0.2, 0.25) is 5.91 Å². The lowest BCUT2D eigenvalue weighted by Gasteiger charge is -2.32. The Morgan fingerprint density at radius 1 is 1.16 bits per heavy atom. The van der Waals surface area contributed by atoms with Crippen LogP contribution in [-0.4, -0.2) is 30.8 Å². The summed E-state index contributed by atoms with van der Waals surface area (Å²) < 4.78 is 12.3. The summed E-state index contributed by atoms with van der Waals surface area (Å²) in [6, 6.07) is 4.06. The van der Waals surface area contributed by atoms with Gasteiger partial charge in [0.1, 0.15) is 0 Å². The summed E-state index contributed by atoms with van der Waals surface area (Å²) in [5.74, 6) is -0.0907. The molecule has 1 aliphatic rings. The van der Waals surface area contributed by atoms with Gasteiger partial charge in [0, 0.05) is 19.2 Å². The van der Waals surface area contributed by atoms with Crippen molar-refractivity contribution in [2.24, 2.45) is 0 Å². The lowest BCUT2D eigenvalue weighted by Crippen LogP contribution is -2.41. The molecular weight excluding hydrogens is 315 g/mol. The largest absolute Gasteiger partial charge is 0.492 e. The molecule has 0 radical (unpaired) electrons. The van der Waals surface area contributed by atoms with Crippen molar-refractivity contribution in [3.05, 3.63) is 34.3 Å². The molecule has 0 spiro atoms. The van der Waals surface area contributed by atoms with Crippen molar-refractivity contribution in [1.29, 1.82) is 0 Å². The predicted molar refractivity (Wildman–Crippen MR) is 103 cm³/mol. The molecule has 1 saturated heterocycles. The number of nitrogens with one attached hydrogen (secondary N) is 1. The molecule has 1 aromatic rings. The van der Waals surface area contributed by atoms with E-state index in [4.69, 9.17) is 15.0 Å². The monoisotopic (exact) mass is 344 g/mol. The van der Waals surface area contributed by atoms with E-state index in [1.54, 1.807) is 0 Å². The highest BCUT2D eigenvalue weighted by atomic mass is 16.7. The summed E-state index contributed by atoms with van der Waals surface area (Å²) in [5.41, 5.74) is 9.93. The lowest BCUT2D eigenvalue weighted by molar-refractivity contribution is -0.118. The molecule has 1 aromatic carbocycles. The number of nitrogens with two attached hydrogens (primary N) is 1. The Labute approximate surface area is 151 Å². The highest BCUT2D eigenvalue weighted by molar-refractivity contribution is 6.56. The zero-order valence-electron chi connectivity index (χ0n) is 16.3. The van der Waals surface area contributed by atoms with Gasteiger partial charge in [-0.2, -0.15) is 0 Å². The summed E-state index contributed by atoms with van der Waals surface area (Å²) in [7, 11) is -0.505. The zero-order valence-corrected chi connectivity index (χ0v) is 16.3. The number of rotatable bonds is 4. The topological polar surface area (TPSA) is 73.6 Å².